The molecule has 2 aromatic rings. The molecule has 4 rings (SSSR count). The minimum absolute atomic E-state index is 0.0957. The van der Waals surface area contributed by atoms with E-state index in [1.807, 2.05) is 11.1 Å². The highest BCUT2D eigenvalue weighted by atomic mass is 16.2. The van der Waals surface area contributed by atoms with Crippen LogP contribution in [0.3, 0.4) is 0 Å². The standard InChI is InChI=1S/C21H28N4O/c1-3-17-6-8-18(9-7-17)14-24-12-13-25-15-19(22-20(25)16(24)2)21(26)23-10-4-5-11-23/h6-9,15-16H,3-5,10-14H2,1-2H3/t16-/m1/s1. The lowest BCUT2D eigenvalue weighted by Gasteiger charge is -2.33. The Kier molecular flexibility index (Phi) is 4.81. The van der Waals surface area contributed by atoms with Gasteiger partial charge in [-0.3, -0.25) is 9.69 Å². The first kappa shape index (κ1) is 17.3. The van der Waals surface area contributed by atoms with Gasteiger partial charge in [-0.1, -0.05) is 31.2 Å². The fraction of sp³-hybridized carbons (Fsp3) is 0.524. The third kappa shape index (κ3) is 3.28. The van der Waals surface area contributed by atoms with E-state index in [2.05, 4.69) is 47.6 Å². The number of aromatic nitrogens is 2. The van der Waals surface area contributed by atoms with Crippen molar-refractivity contribution in [1.82, 2.24) is 19.4 Å². The number of benzene rings is 1. The van der Waals surface area contributed by atoms with Crippen molar-refractivity contribution < 1.29 is 4.79 Å². The van der Waals surface area contributed by atoms with Crippen LogP contribution in [0.15, 0.2) is 30.5 Å². The molecule has 0 unspecified atom stereocenters. The molecule has 1 fully saturated rings. The summed E-state index contributed by atoms with van der Waals surface area (Å²) in [4.78, 5) is 21.8. The summed E-state index contributed by atoms with van der Waals surface area (Å²) in [5.41, 5.74) is 3.33. The zero-order valence-electron chi connectivity index (χ0n) is 15.8. The SMILES string of the molecule is CCc1ccc(CN2CCn3cc(C(=O)N4CCCC4)nc3[C@H]2C)cc1. The fourth-order valence-corrected chi connectivity index (χ4v) is 4.05. The van der Waals surface area contributed by atoms with Crippen molar-refractivity contribution in [2.75, 3.05) is 19.6 Å². The van der Waals surface area contributed by atoms with Crippen LogP contribution >= 0.6 is 0 Å². The Balaban J connectivity index is 1.48. The van der Waals surface area contributed by atoms with E-state index < -0.39 is 0 Å². The maximum atomic E-state index is 12.6. The van der Waals surface area contributed by atoms with E-state index in [0.29, 0.717) is 5.69 Å². The predicted molar refractivity (Wildman–Crippen MR) is 102 cm³/mol. The van der Waals surface area contributed by atoms with Crippen LogP contribution in [-0.2, 0) is 19.5 Å². The van der Waals surface area contributed by atoms with E-state index in [-0.39, 0.29) is 11.9 Å². The van der Waals surface area contributed by atoms with Crippen molar-refractivity contribution in [2.45, 2.75) is 52.2 Å². The predicted octanol–water partition coefficient (Wildman–Crippen LogP) is 3.26. The zero-order valence-corrected chi connectivity index (χ0v) is 15.8. The number of amides is 1. The smallest absolute Gasteiger partial charge is 0.274 e. The van der Waals surface area contributed by atoms with Gasteiger partial charge in [0, 0.05) is 38.9 Å². The molecule has 0 bridgehead atoms. The van der Waals surface area contributed by atoms with Gasteiger partial charge in [0.1, 0.15) is 11.5 Å². The molecule has 1 aromatic heterocycles. The van der Waals surface area contributed by atoms with E-state index in [1.165, 1.54) is 11.1 Å². The van der Waals surface area contributed by atoms with Crippen molar-refractivity contribution in [3.8, 4) is 0 Å². The first-order chi connectivity index (χ1) is 12.7. The summed E-state index contributed by atoms with van der Waals surface area (Å²) in [5, 5.41) is 0. The number of carbonyl (C=O) groups excluding carboxylic acids is 1. The second-order valence-electron chi connectivity index (χ2n) is 7.49. The van der Waals surface area contributed by atoms with Gasteiger partial charge in [-0.25, -0.2) is 4.98 Å². The minimum Gasteiger partial charge on any atom is -0.337 e. The topological polar surface area (TPSA) is 41.4 Å². The van der Waals surface area contributed by atoms with Crippen LogP contribution in [0.2, 0.25) is 0 Å². The van der Waals surface area contributed by atoms with Crippen LogP contribution in [0.1, 0.15) is 60.2 Å². The lowest BCUT2D eigenvalue weighted by atomic mass is 10.1. The molecule has 0 N–H and O–H groups in total. The minimum atomic E-state index is 0.0957. The number of imidazole rings is 1. The van der Waals surface area contributed by atoms with E-state index in [4.69, 9.17) is 4.98 Å². The maximum absolute atomic E-state index is 12.6. The Morgan fingerprint density at radius 2 is 1.77 bits per heavy atom. The Labute approximate surface area is 155 Å². The summed E-state index contributed by atoms with van der Waals surface area (Å²) in [6, 6.07) is 9.12. The summed E-state index contributed by atoms with van der Waals surface area (Å²) in [6.07, 6.45) is 5.26. The molecule has 1 aromatic carbocycles. The number of aryl methyl sites for hydroxylation is 1. The molecule has 3 heterocycles. The van der Waals surface area contributed by atoms with Crippen LogP contribution in [-0.4, -0.2) is 44.9 Å². The lowest BCUT2D eigenvalue weighted by Crippen LogP contribution is -2.36. The monoisotopic (exact) mass is 352 g/mol. The molecule has 26 heavy (non-hydrogen) atoms. The molecule has 1 atom stereocenters. The van der Waals surface area contributed by atoms with Crippen molar-refractivity contribution in [1.29, 1.82) is 0 Å². The number of rotatable bonds is 4. The summed E-state index contributed by atoms with van der Waals surface area (Å²) in [6.45, 7) is 8.93. The molecule has 138 valence electrons. The number of nitrogens with zero attached hydrogens (tertiary/aromatic N) is 4. The lowest BCUT2D eigenvalue weighted by molar-refractivity contribution is 0.0787. The van der Waals surface area contributed by atoms with Gasteiger partial charge in [-0.05, 0) is 37.3 Å². The Morgan fingerprint density at radius 1 is 1.08 bits per heavy atom. The molecular formula is C21H28N4O. The molecule has 1 saturated heterocycles. The molecule has 2 aliphatic rings. The number of fused-ring (bicyclic) bond motifs is 1. The van der Waals surface area contributed by atoms with Crippen LogP contribution in [0, 0.1) is 0 Å². The van der Waals surface area contributed by atoms with Crippen LogP contribution < -0.4 is 0 Å². The van der Waals surface area contributed by atoms with Gasteiger partial charge in [-0.2, -0.15) is 0 Å². The maximum Gasteiger partial charge on any atom is 0.274 e. The number of likely N-dealkylation sites (tertiary alicyclic amines) is 1. The normalized spacial score (nSPS) is 20.4. The molecular weight excluding hydrogens is 324 g/mol. The molecule has 1 amide bonds. The van der Waals surface area contributed by atoms with Gasteiger partial charge in [0.2, 0.25) is 0 Å². The second kappa shape index (κ2) is 7.23. The highest BCUT2D eigenvalue weighted by Crippen LogP contribution is 2.27. The average Bonchev–Trinajstić information content (AvgIpc) is 3.34. The molecule has 0 radical (unpaired) electrons. The highest BCUT2D eigenvalue weighted by Gasteiger charge is 2.29. The van der Waals surface area contributed by atoms with Gasteiger partial charge in [-0.15, -0.1) is 0 Å². The van der Waals surface area contributed by atoms with Gasteiger partial charge in [0.15, 0.2) is 0 Å². The summed E-state index contributed by atoms with van der Waals surface area (Å²) >= 11 is 0. The van der Waals surface area contributed by atoms with Gasteiger partial charge in [0.25, 0.3) is 5.91 Å². The van der Waals surface area contributed by atoms with Crippen molar-refractivity contribution in [2.24, 2.45) is 0 Å². The third-order valence-corrected chi connectivity index (χ3v) is 5.79. The average molecular weight is 352 g/mol. The first-order valence-corrected chi connectivity index (χ1v) is 9.84. The summed E-state index contributed by atoms with van der Waals surface area (Å²) in [5.74, 6) is 1.11. The number of hydrogen-bond acceptors (Lipinski definition) is 3. The van der Waals surface area contributed by atoms with Gasteiger partial charge < -0.3 is 9.47 Å². The van der Waals surface area contributed by atoms with E-state index in [0.717, 1.165) is 57.8 Å². The first-order valence-electron chi connectivity index (χ1n) is 9.84. The van der Waals surface area contributed by atoms with Crippen LogP contribution in [0.25, 0.3) is 0 Å². The van der Waals surface area contributed by atoms with E-state index >= 15 is 0 Å². The van der Waals surface area contributed by atoms with Gasteiger partial charge in [0.05, 0.1) is 6.04 Å². The summed E-state index contributed by atoms with van der Waals surface area (Å²) < 4.78 is 2.17. The second-order valence-corrected chi connectivity index (χ2v) is 7.49. The highest BCUT2D eigenvalue weighted by molar-refractivity contribution is 5.92. The van der Waals surface area contributed by atoms with Crippen LogP contribution in [0.4, 0.5) is 0 Å². The zero-order chi connectivity index (χ0) is 18.1. The molecule has 2 aliphatic heterocycles. The number of carbonyl (C=O) groups is 1. The summed E-state index contributed by atoms with van der Waals surface area (Å²) in [7, 11) is 0. The molecule has 0 aliphatic carbocycles. The Bertz CT molecular complexity index is 774. The fourth-order valence-electron chi connectivity index (χ4n) is 4.05. The number of hydrogen-bond donors (Lipinski definition) is 0. The third-order valence-electron chi connectivity index (χ3n) is 5.79. The Morgan fingerprint density at radius 3 is 2.46 bits per heavy atom. The van der Waals surface area contributed by atoms with Crippen molar-refractivity contribution in [3.63, 3.8) is 0 Å². The van der Waals surface area contributed by atoms with E-state index in [9.17, 15) is 4.79 Å². The molecule has 0 spiro atoms. The van der Waals surface area contributed by atoms with E-state index in [1.54, 1.807) is 0 Å². The molecule has 0 saturated carbocycles. The Hall–Kier alpha value is -2.14. The van der Waals surface area contributed by atoms with Crippen molar-refractivity contribution in [3.05, 3.63) is 53.1 Å². The quantitative estimate of drug-likeness (QED) is 0.848. The van der Waals surface area contributed by atoms with Crippen LogP contribution in [0.5, 0.6) is 0 Å². The molecule has 5 nitrogen and oxygen atoms in total. The molecule has 5 heteroatoms. The van der Waals surface area contributed by atoms with Gasteiger partial charge >= 0.3 is 0 Å². The van der Waals surface area contributed by atoms with Crippen molar-refractivity contribution >= 4 is 5.91 Å². The largest absolute Gasteiger partial charge is 0.337 e.